The van der Waals surface area contributed by atoms with Gasteiger partial charge in [0.2, 0.25) is 0 Å². The van der Waals surface area contributed by atoms with E-state index in [-0.39, 0.29) is 17.7 Å². The highest BCUT2D eigenvalue weighted by Gasteiger charge is 2.30. The fourth-order valence-electron chi connectivity index (χ4n) is 2.62. The highest BCUT2D eigenvalue weighted by atomic mass is 19.4. The molecule has 8 heteroatoms. The summed E-state index contributed by atoms with van der Waals surface area (Å²) in [7, 11) is 0. The maximum Gasteiger partial charge on any atom is 0.416 e. The van der Waals surface area contributed by atoms with Gasteiger partial charge in [-0.15, -0.1) is 0 Å². The number of hydrogen-bond acceptors (Lipinski definition) is 3. The van der Waals surface area contributed by atoms with Crippen molar-refractivity contribution in [3.05, 3.63) is 95.3 Å². The van der Waals surface area contributed by atoms with Crippen LogP contribution < -0.4 is 9.47 Å². The van der Waals surface area contributed by atoms with E-state index < -0.39 is 23.5 Å². The van der Waals surface area contributed by atoms with E-state index in [0.29, 0.717) is 23.3 Å². The van der Waals surface area contributed by atoms with E-state index in [9.17, 15) is 22.4 Å². The fourth-order valence-corrected chi connectivity index (χ4v) is 2.62. The summed E-state index contributed by atoms with van der Waals surface area (Å²) in [4.78, 5) is 11.1. The molecule has 3 rings (SSSR count). The quantitative estimate of drug-likeness (QED) is 0.438. The van der Waals surface area contributed by atoms with Gasteiger partial charge < -0.3 is 14.6 Å². The predicted molar refractivity (Wildman–Crippen MR) is 106 cm³/mol. The van der Waals surface area contributed by atoms with E-state index in [0.717, 1.165) is 12.1 Å². The summed E-state index contributed by atoms with van der Waals surface area (Å²) in [5.41, 5.74) is -1.000. The zero-order chi connectivity index (χ0) is 22.4. The van der Waals surface area contributed by atoms with Crippen LogP contribution in [0.3, 0.4) is 0 Å². The number of carbonyl (C=O) groups is 1. The standard InChI is InChI=1S/C23H16F4O4/c24-19-14-17(23(25,26)27)11-10-15(19)6-4-12-30-20-8-1-2-9-21(20)31-18-7-3-5-16(13-18)22(28)29/h1-11,13-14H,12H2,(H,28,29). The molecule has 0 atom stereocenters. The second-order valence-corrected chi connectivity index (χ2v) is 6.33. The monoisotopic (exact) mass is 432 g/mol. The molecular weight excluding hydrogens is 416 g/mol. The van der Waals surface area contributed by atoms with Crippen molar-refractivity contribution >= 4 is 12.0 Å². The SMILES string of the molecule is O=C(O)c1cccc(Oc2ccccc2OCC=Cc2ccc(C(F)(F)F)cc2F)c1. The first-order chi connectivity index (χ1) is 14.7. The molecule has 0 spiro atoms. The van der Waals surface area contributed by atoms with E-state index in [4.69, 9.17) is 14.6 Å². The van der Waals surface area contributed by atoms with Gasteiger partial charge in [0.15, 0.2) is 11.5 Å². The first-order valence-electron chi connectivity index (χ1n) is 9.00. The van der Waals surface area contributed by atoms with E-state index in [1.807, 2.05) is 0 Å². The number of halogens is 4. The summed E-state index contributed by atoms with van der Waals surface area (Å²) in [5.74, 6) is -1.10. The van der Waals surface area contributed by atoms with Crippen LogP contribution in [0.1, 0.15) is 21.5 Å². The topological polar surface area (TPSA) is 55.8 Å². The molecule has 0 unspecified atom stereocenters. The normalized spacial score (nSPS) is 11.5. The van der Waals surface area contributed by atoms with Gasteiger partial charge in [-0.25, -0.2) is 9.18 Å². The zero-order valence-electron chi connectivity index (χ0n) is 15.9. The van der Waals surface area contributed by atoms with Gasteiger partial charge in [0, 0.05) is 5.56 Å². The van der Waals surface area contributed by atoms with E-state index in [1.165, 1.54) is 24.3 Å². The van der Waals surface area contributed by atoms with Crippen LogP contribution in [-0.4, -0.2) is 17.7 Å². The number of alkyl halides is 3. The molecule has 0 bridgehead atoms. The molecule has 3 aromatic rings. The van der Waals surface area contributed by atoms with Gasteiger partial charge in [0.1, 0.15) is 18.2 Å². The van der Waals surface area contributed by atoms with Crippen molar-refractivity contribution in [2.45, 2.75) is 6.18 Å². The summed E-state index contributed by atoms with van der Waals surface area (Å²) in [5, 5.41) is 9.07. The van der Waals surface area contributed by atoms with Crippen LogP contribution in [0.5, 0.6) is 17.2 Å². The minimum Gasteiger partial charge on any atom is -0.486 e. The molecule has 0 fully saturated rings. The lowest BCUT2D eigenvalue weighted by molar-refractivity contribution is -0.137. The number of para-hydroxylation sites is 2. The van der Waals surface area contributed by atoms with E-state index in [1.54, 1.807) is 36.4 Å². The summed E-state index contributed by atoms with van der Waals surface area (Å²) >= 11 is 0. The molecule has 0 saturated heterocycles. The van der Waals surface area contributed by atoms with Crippen LogP contribution >= 0.6 is 0 Å². The van der Waals surface area contributed by atoms with Gasteiger partial charge in [0.05, 0.1) is 11.1 Å². The first-order valence-corrected chi connectivity index (χ1v) is 9.00. The smallest absolute Gasteiger partial charge is 0.416 e. The van der Waals surface area contributed by atoms with Crippen LogP contribution in [-0.2, 0) is 6.18 Å². The molecule has 0 saturated carbocycles. The molecule has 31 heavy (non-hydrogen) atoms. The Bertz CT molecular complexity index is 1110. The summed E-state index contributed by atoms with van der Waals surface area (Å²) in [6.07, 6.45) is -1.84. The lowest BCUT2D eigenvalue weighted by Gasteiger charge is -2.11. The lowest BCUT2D eigenvalue weighted by atomic mass is 10.1. The van der Waals surface area contributed by atoms with Crippen LogP contribution in [0.4, 0.5) is 17.6 Å². The van der Waals surface area contributed by atoms with Crippen molar-refractivity contribution in [2.24, 2.45) is 0 Å². The number of ether oxygens (including phenoxy) is 2. The number of rotatable bonds is 7. The second-order valence-electron chi connectivity index (χ2n) is 6.33. The molecule has 1 N–H and O–H groups in total. The average Bonchev–Trinajstić information content (AvgIpc) is 2.72. The Balaban J connectivity index is 1.67. The highest BCUT2D eigenvalue weighted by molar-refractivity contribution is 5.88. The number of carboxylic acid groups (broad SMARTS) is 1. The van der Waals surface area contributed by atoms with E-state index >= 15 is 0 Å². The van der Waals surface area contributed by atoms with Gasteiger partial charge in [-0.05, 0) is 48.5 Å². The largest absolute Gasteiger partial charge is 0.486 e. The molecule has 0 aliphatic rings. The van der Waals surface area contributed by atoms with Crippen molar-refractivity contribution in [3.63, 3.8) is 0 Å². The first kappa shape index (κ1) is 21.9. The Morgan fingerprint density at radius 1 is 0.968 bits per heavy atom. The Hall–Kier alpha value is -3.81. The van der Waals surface area contributed by atoms with Gasteiger partial charge in [-0.1, -0.05) is 30.3 Å². The highest BCUT2D eigenvalue weighted by Crippen LogP contribution is 2.32. The molecule has 4 nitrogen and oxygen atoms in total. The van der Waals surface area contributed by atoms with Crippen molar-refractivity contribution in [3.8, 4) is 17.2 Å². The van der Waals surface area contributed by atoms with E-state index in [2.05, 4.69) is 0 Å². The molecular formula is C23H16F4O4. The minimum atomic E-state index is -4.61. The molecule has 160 valence electrons. The van der Waals surface area contributed by atoms with Crippen LogP contribution in [0.25, 0.3) is 6.08 Å². The third-order valence-electron chi connectivity index (χ3n) is 4.12. The fraction of sp³-hybridized carbons (Fsp3) is 0.0870. The number of hydrogen-bond donors (Lipinski definition) is 1. The number of carboxylic acids is 1. The maximum atomic E-state index is 13.9. The second kappa shape index (κ2) is 9.34. The number of aromatic carboxylic acids is 1. The zero-order valence-corrected chi connectivity index (χ0v) is 15.9. The van der Waals surface area contributed by atoms with Gasteiger partial charge in [-0.2, -0.15) is 13.2 Å². The molecule has 3 aromatic carbocycles. The third-order valence-corrected chi connectivity index (χ3v) is 4.12. The Morgan fingerprint density at radius 2 is 1.71 bits per heavy atom. The summed E-state index contributed by atoms with van der Waals surface area (Å²) in [6.45, 7) is -0.00397. The van der Waals surface area contributed by atoms with Crippen molar-refractivity contribution in [2.75, 3.05) is 6.61 Å². The van der Waals surface area contributed by atoms with Gasteiger partial charge >= 0.3 is 12.1 Å². The van der Waals surface area contributed by atoms with Crippen molar-refractivity contribution < 1.29 is 36.9 Å². The summed E-state index contributed by atoms with van der Waals surface area (Å²) < 4.78 is 63.0. The average molecular weight is 432 g/mol. The molecule has 0 aliphatic carbocycles. The van der Waals surface area contributed by atoms with Crippen LogP contribution in [0, 0.1) is 5.82 Å². The lowest BCUT2D eigenvalue weighted by Crippen LogP contribution is -2.05. The minimum absolute atomic E-state index is 0.00397. The molecule has 0 amide bonds. The summed E-state index contributed by atoms with van der Waals surface area (Å²) in [6, 6.07) is 14.9. The Morgan fingerprint density at radius 3 is 2.39 bits per heavy atom. The maximum absolute atomic E-state index is 13.9. The predicted octanol–water partition coefficient (Wildman–Crippen LogP) is 6.43. The number of benzene rings is 3. The third kappa shape index (κ3) is 5.85. The molecule has 0 heterocycles. The Labute approximate surface area is 175 Å². The van der Waals surface area contributed by atoms with Crippen molar-refractivity contribution in [1.29, 1.82) is 0 Å². The molecule has 0 radical (unpaired) electrons. The Kier molecular flexibility index (Phi) is 6.59. The van der Waals surface area contributed by atoms with Crippen LogP contribution in [0.15, 0.2) is 72.8 Å². The van der Waals surface area contributed by atoms with Crippen molar-refractivity contribution in [1.82, 2.24) is 0 Å². The molecule has 0 aromatic heterocycles. The van der Waals surface area contributed by atoms with Gasteiger partial charge in [0.25, 0.3) is 0 Å². The molecule has 0 aliphatic heterocycles. The van der Waals surface area contributed by atoms with Gasteiger partial charge in [-0.3, -0.25) is 0 Å². The van der Waals surface area contributed by atoms with Crippen LogP contribution in [0.2, 0.25) is 0 Å².